The van der Waals surface area contributed by atoms with Gasteiger partial charge in [-0.3, -0.25) is 9.59 Å². The molecule has 0 N–H and O–H groups in total. The molecule has 2 aromatic rings. The Hall–Kier alpha value is -2.63. The van der Waals surface area contributed by atoms with E-state index in [2.05, 4.69) is 18.9 Å². The number of benzene rings is 1. The first-order valence-electron chi connectivity index (χ1n) is 9.44. The van der Waals surface area contributed by atoms with E-state index in [0.29, 0.717) is 31.5 Å². The van der Waals surface area contributed by atoms with E-state index >= 15 is 0 Å². The lowest BCUT2D eigenvalue weighted by Gasteiger charge is -2.30. The van der Waals surface area contributed by atoms with Gasteiger partial charge in [-0.1, -0.05) is 31.5 Å². The maximum atomic E-state index is 13.1. The fourth-order valence-electron chi connectivity index (χ4n) is 3.63. The Balaban J connectivity index is 1.83. The molecular weight excluding hydrogens is 342 g/mol. The predicted molar refractivity (Wildman–Crippen MR) is 103 cm³/mol. The Bertz CT molecular complexity index is 816. The van der Waals surface area contributed by atoms with E-state index in [4.69, 9.17) is 4.74 Å². The summed E-state index contributed by atoms with van der Waals surface area (Å²) in [6.07, 6.45) is 2.95. The van der Waals surface area contributed by atoms with Gasteiger partial charge in [0.2, 0.25) is 0 Å². The minimum Gasteiger partial charge on any atom is -0.469 e. The zero-order chi connectivity index (χ0) is 19.6. The maximum absolute atomic E-state index is 13.1. The number of likely N-dealkylation sites (tertiary alicyclic amines) is 1. The van der Waals surface area contributed by atoms with Gasteiger partial charge < -0.3 is 9.64 Å². The van der Waals surface area contributed by atoms with Crippen molar-refractivity contribution in [2.24, 2.45) is 5.92 Å². The van der Waals surface area contributed by atoms with Gasteiger partial charge in [-0.15, -0.1) is 0 Å². The summed E-state index contributed by atoms with van der Waals surface area (Å²) in [5, 5.41) is 4.50. The fraction of sp³-hybridized carbons (Fsp3) is 0.476. The molecule has 1 aromatic carbocycles. The predicted octanol–water partition coefficient (Wildman–Crippen LogP) is 3.33. The first-order chi connectivity index (χ1) is 12.9. The molecule has 1 aliphatic heterocycles. The Labute approximate surface area is 160 Å². The number of piperidine rings is 1. The van der Waals surface area contributed by atoms with Gasteiger partial charge in [-0.25, -0.2) is 4.68 Å². The van der Waals surface area contributed by atoms with Crippen LogP contribution in [0.15, 0.2) is 30.5 Å². The van der Waals surface area contributed by atoms with Gasteiger partial charge in [0.15, 0.2) is 0 Å². The highest BCUT2D eigenvalue weighted by molar-refractivity contribution is 5.95. The summed E-state index contributed by atoms with van der Waals surface area (Å²) < 4.78 is 6.69. The van der Waals surface area contributed by atoms with Crippen LogP contribution in [0.5, 0.6) is 0 Å². The second-order valence-corrected chi connectivity index (χ2v) is 7.44. The summed E-state index contributed by atoms with van der Waals surface area (Å²) >= 11 is 0. The summed E-state index contributed by atoms with van der Waals surface area (Å²) in [4.78, 5) is 26.6. The molecule has 144 valence electrons. The molecule has 0 aliphatic carbocycles. The fourth-order valence-corrected chi connectivity index (χ4v) is 3.63. The number of carbonyl (C=O) groups excluding carboxylic acids is 2. The second-order valence-electron chi connectivity index (χ2n) is 7.44. The molecule has 6 nitrogen and oxygen atoms in total. The lowest BCUT2D eigenvalue weighted by molar-refractivity contribution is -0.146. The number of hydrogen-bond acceptors (Lipinski definition) is 4. The zero-order valence-corrected chi connectivity index (χ0v) is 16.4. The van der Waals surface area contributed by atoms with Crippen LogP contribution in [0.3, 0.4) is 0 Å². The number of carbonyl (C=O) groups is 2. The van der Waals surface area contributed by atoms with E-state index < -0.39 is 0 Å². The molecule has 2 heterocycles. The number of esters is 1. The monoisotopic (exact) mass is 369 g/mol. The third-order valence-electron chi connectivity index (χ3n) is 5.18. The number of amides is 1. The molecule has 1 saturated heterocycles. The molecule has 0 unspecified atom stereocenters. The Morgan fingerprint density at radius 3 is 2.33 bits per heavy atom. The van der Waals surface area contributed by atoms with E-state index in [0.717, 1.165) is 11.4 Å². The topological polar surface area (TPSA) is 64.4 Å². The van der Waals surface area contributed by atoms with Crippen molar-refractivity contribution in [2.75, 3.05) is 20.2 Å². The van der Waals surface area contributed by atoms with Gasteiger partial charge in [0, 0.05) is 13.1 Å². The molecular formula is C21H27N3O3. The number of rotatable bonds is 4. The standard InChI is InChI=1S/C21H27N3O3/c1-14(2)19-18(13-22-24(19)17-7-5-15(3)6-8-17)20(25)23-11-9-16(10-12-23)21(26)27-4/h5-8,13-14,16H,9-12H2,1-4H3. The highest BCUT2D eigenvalue weighted by atomic mass is 16.5. The average molecular weight is 369 g/mol. The minimum atomic E-state index is -0.183. The summed E-state index contributed by atoms with van der Waals surface area (Å²) in [5.41, 5.74) is 3.69. The molecule has 0 atom stereocenters. The molecule has 0 spiro atoms. The molecule has 1 aliphatic rings. The van der Waals surface area contributed by atoms with Crippen LogP contribution in [0.4, 0.5) is 0 Å². The van der Waals surface area contributed by atoms with E-state index in [9.17, 15) is 9.59 Å². The first-order valence-corrected chi connectivity index (χ1v) is 9.44. The van der Waals surface area contributed by atoms with Gasteiger partial charge in [-0.05, 0) is 37.8 Å². The molecule has 1 aromatic heterocycles. The largest absolute Gasteiger partial charge is 0.469 e. The van der Waals surface area contributed by atoms with Crippen LogP contribution < -0.4 is 0 Å². The number of methoxy groups -OCH3 is 1. The third-order valence-corrected chi connectivity index (χ3v) is 5.18. The molecule has 0 bridgehead atoms. The molecule has 0 saturated carbocycles. The highest BCUT2D eigenvalue weighted by Crippen LogP contribution is 2.26. The van der Waals surface area contributed by atoms with E-state index in [1.807, 2.05) is 40.8 Å². The van der Waals surface area contributed by atoms with Crippen LogP contribution >= 0.6 is 0 Å². The van der Waals surface area contributed by atoms with Crippen LogP contribution in [0, 0.1) is 12.8 Å². The van der Waals surface area contributed by atoms with Gasteiger partial charge in [0.05, 0.1) is 36.2 Å². The molecule has 6 heteroatoms. The lowest BCUT2D eigenvalue weighted by Crippen LogP contribution is -2.40. The number of aromatic nitrogens is 2. The van der Waals surface area contributed by atoms with Crippen molar-refractivity contribution in [3.8, 4) is 5.69 Å². The minimum absolute atomic E-state index is 0.0135. The van der Waals surface area contributed by atoms with Crippen LogP contribution in [0.25, 0.3) is 5.69 Å². The Morgan fingerprint density at radius 1 is 1.15 bits per heavy atom. The van der Waals surface area contributed by atoms with E-state index in [1.165, 1.54) is 12.7 Å². The number of aryl methyl sites for hydroxylation is 1. The number of hydrogen-bond donors (Lipinski definition) is 0. The molecule has 0 radical (unpaired) electrons. The second kappa shape index (κ2) is 7.94. The van der Waals surface area contributed by atoms with Gasteiger partial charge in [0.1, 0.15) is 0 Å². The Morgan fingerprint density at radius 2 is 1.78 bits per heavy atom. The number of nitrogens with zero attached hydrogens (tertiary/aromatic N) is 3. The maximum Gasteiger partial charge on any atom is 0.308 e. The summed E-state index contributed by atoms with van der Waals surface area (Å²) in [6.45, 7) is 7.31. The van der Waals surface area contributed by atoms with E-state index in [-0.39, 0.29) is 23.7 Å². The van der Waals surface area contributed by atoms with Crippen molar-refractivity contribution >= 4 is 11.9 Å². The summed E-state index contributed by atoms with van der Waals surface area (Å²) in [7, 11) is 1.41. The third kappa shape index (κ3) is 3.89. The Kier molecular flexibility index (Phi) is 5.63. The van der Waals surface area contributed by atoms with Crippen molar-refractivity contribution in [1.29, 1.82) is 0 Å². The zero-order valence-electron chi connectivity index (χ0n) is 16.4. The van der Waals surface area contributed by atoms with Crippen LogP contribution in [-0.2, 0) is 9.53 Å². The van der Waals surface area contributed by atoms with Crippen molar-refractivity contribution in [1.82, 2.24) is 14.7 Å². The summed E-state index contributed by atoms with van der Waals surface area (Å²) in [5.74, 6) is -0.156. The van der Waals surface area contributed by atoms with Gasteiger partial charge in [0.25, 0.3) is 5.91 Å². The average Bonchev–Trinajstić information content (AvgIpc) is 3.13. The molecule has 3 rings (SSSR count). The van der Waals surface area contributed by atoms with Crippen molar-refractivity contribution in [3.05, 3.63) is 47.3 Å². The lowest BCUT2D eigenvalue weighted by atomic mass is 9.96. The van der Waals surface area contributed by atoms with Gasteiger partial charge >= 0.3 is 5.97 Å². The quantitative estimate of drug-likeness (QED) is 0.776. The SMILES string of the molecule is COC(=O)C1CCN(C(=O)c2cnn(-c3ccc(C)cc3)c2C(C)C)CC1. The molecule has 1 amide bonds. The summed E-state index contributed by atoms with van der Waals surface area (Å²) in [6, 6.07) is 8.12. The van der Waals surface area contributed by atoms with Crippen LogP contribution in [0.2, 0.25) is 0 Å². The van der Waals surface area contributed by atoms with Gasteiger partial charge in [-0.2, -0.15) is 5.10 Å². The first kappa shape index (κ1) is 19.1. The van der Waals surface area contributed by atoms with Crippen molar-refractivity contribution < 1.29 is 14.3 Å². The highest BCUT2D eigenvalue weighted by Gasteiger charge is 2.30. The number of ether oxygens (including phenoxy) is 1. The smallest absolute Gasteiger partial charge is 0.308 e. The van der Waals surface area contributed by atoms with E-state index in [1.54, 1.807) is 6.20 Å². The van der Waals surface area contributed by atoms with Crippen molar-refractivity contribution in [2.45, 2.75) is 39.5 Å². The van der Waals surface area contributed by atoms with Crippen molar-refractivity contribution in [3.63, 3.8) is 0 Å². The van der Waals surface area contributed by atoms with Crippen LogP contribution in [-0.4, -0.2) is 46.8 Å². The molecule has 27 heavy (non-hydrogen) atoms. The molecule has 1 fully saturated rings. The van der Waals surface area contributed by atoms with Crippen LogP contribution in [0.1, 0.15) is 54.2 Å². The normalized spacial score (nSPS) is 15.2.